The third kappa shape index (κ3) is 21.3. The van der Waals surface area contributed by atoms with Gasteiger partial charge in [-0.15, -0.1) is 0 Å². The zero-order valence-electron chi connectivity index (χ0n) is 17.1. The largest absolute Gasteiger partial charge is 0.633 e. The van der Waals surface area contributed by atoms with Gasteiger partial charge in [-0.2, -0.15) is 0 Å². The topological polar surface area (TPSA) is 86.4 Å². The monoisotopic (exact) mass is 360 g/mol. The number of rotatable bonds is 16. The number of hydroxylamine groups is 3. The lowest BCUT2D eigenvalue weighted by Crippen LogP contribution is -2.45. The van der Waals surface area contributed by atoms with E-state index >= 15 is 0 Å². The van der Waals surface area contributed by atoms with E-state index in [2.05, 4.69) is 6.92 Å². The highest BCUT2D eigenvalue weighted by atomic mass is 16.5. The van der Waals surface area contributed by atoms with Gasteiger partial charge in [0.1, 0.15) is 0 Å². The summed E-state index contributed by atoms with van der Waals surface area (Å²) in [6.45, 7) is 8.34. The first-order valence-electron chi connectivity index (χ1n) is 10.4. The maximum absolute atomic E-state index is 11.3. The van der Waals surface area contributed by atoms with Gasteiger partial charge in [0.05, 0.1) is 19.6 Å². The van der Waals surface area contributed by atoms with Crippen LogP contribution in [0.5, 0.6) is 0 Å². The summed E-state index contributed by atoms with van der Waals surface area (Å²) in [4.78, 5) is 10.3. The summed E-state index contributed by atoms with van der Waals surface area (Å²) in [5, 5.41) is 19.8. The Hall–Kier alpha value is -0.650. The van der Waals surface area contributed by atoms with Gasteiger partial charge >= 0.3 is 5.97 Å². The van der Waals surface area contributed by atoms with Gasteiger partial charge in [0, 0.05) is 13.0 Å². The number of hydrogen-bond donors (Lipinski definition) is 2. The lowest BCUT2D eigenvalue weighted by atomic mass is 10.1. The maximum atomic E-state index is 11.3. The molecule has 0 aliphatic carbocycles. The average Bonchev–Trinajstić information content (AvgIpc) is 2.60. The van der Waals surface area contributed by atoms with Crippen molar-refractivity contribution in [2.45, 2.75) is 97.8 Å². The SMILES string of the molecule is CCCCCCCCCCCCCC(=O)O.CC[N+]([O-])(CC)CCN. The molecule has 0 aliphatic heterocycles. The summed E-state index contributed by atoms with van der Waals surface area (Å²) in [7, 11) is 0. The van der Waals surface area contributed by atoms with Crippen LogP contribution < -0.4 is 5.73 Å². The first-order chi connectivity index (χ1) is 12.0. The van der Waals surface area contributed by atoms with Crippen LogP contribution in [0.4, 0.5) is 0 Å². The van der Waals surface area contributed by atoms with E-state index in [9.17, 15) is 10.0 Å². The van der Waals surface area contributed by atoms with E-state index in [1.54, 1.807) is 0 Å². The van der Waals surface area contributed by atoms with Crippen LogP contribution in [0.3, 0.4) is 0 Å². The number of likely N-dealkylation sites (N-methyl/N-ethyl adjacent to an activating group) is 1. The van der Waals surface area contributed by atoms with Gasteiger partial charge in [0.2, 0.25) is 0 Å². The van der Waals surface area contributed by atoms with Crippen LogP contribution in [-0.2, 0) is 4.79 Å². The molecular weight excluding hydrogens is 316 g/mol. The van der Waals surface area contributed by atoms with Gasteiger partial charge in [-0.3, -0.25) is 4.79 Å². The number of hydrogen-bond acceptors (Lipinski definition) is 3. The number of nitrogens with two attached hydrogens (primary N) is 1. The molecule has 0 aliphatic rings. The molecule has 25 heavy (non-hydrogen) atoms. The molecule has 0 rings (SSSR count). The molecule has 0 saturated carbocycles. The van der Waals surface area contributed by atoms with Crippen molar-refractivity contribution in [3.63, 3.8) is 0 Å². The number of carboxylic acid groups (broad SMARTS) is 1. The van der Waals surface area contributed by atoms with Gasteiger partial charge in [-0.1, -0.05) is 71.1 Å². The van der Waals surface area contributed by atoms with E-state index in [1.165, 1.54) is 57.8 Å². The van der Waals surface area contributed by atoms with Crippen LogP contribution in [-0.4, -0.2) is 41.9 Å². The molecule has 0 bridgehead atoms. The fourth-order valence-electron chi connectivity index (χ4n) is 2.72. The van der Waals surface area contributed by atoms with Crippen molar-refractivity contribution in [3.05, 3.63) is 5.21 Å². The minimum Gasteiger partial charge on any atom is -0.633 e. The minimum absolute atomic E-state index is 0.142. The number of aliphatic carboxylic acids is 1. The van der Waals surface area contributed by atoms with Crippen LogP contribution in [0.25, 0.3) is 0 Å². The molecule has 5 heteroatoms. The molecule has 0 unspecified atom stereocenters. The average molecular weight is 361 g/mol. The summed E-state index contributed by atoms with van der Waals surface area (Å²) in [5.41, 5.74) is 5.25. The summed E-state index contributed by atoms with van der Waals surface area (Å²) in [5.74, 6) is -0.657. The second-order valence-corrected chi connectivity index (χ2v) is 6.88. The van der Waals surface area contributed by atoms with Crippen molar-refractivity contribution in [1.29, 1.82) is 0 Å². The predicted octanol–water partition coefficient (Wildman–Crippen LogP) is 5.07. The molecule has 5 nitrogen and oxygen atoms in total. The van der Waals surface area contributed by atoms with Crippen molar-refractivity contribution < 1.29 is 14.5 Å². The van der Waals surface area contributed by atoms with Crippen LogP contribution in [0.2, 0.25) is 0 Å². The summed E-state index contributed by atoms with van der Waals surface area (Å²) >= 11 is 0. The van der Waals surface area contributed by atoms with E-state index in [1.807, 2.05) is 13.8 Å². The van der Waals surface area contributed by atoms with E-state index in [0.29, 0.717) is 32.6 Å². The van der Waals surface area contributed by atoms with E-state index in [-0.39, 0.29) is 4.65 Å². The molecule has 0 fully saturated rings. The van der Waals surface area contributed by atoms with Gasteiger partial charge < -0.3 is 20.7 Å². The predicted molar refractivity (Wildman–Crippen MR) is 107 cm³/mol. The van der Waals surface area contributed by atoms with Crippen molar-refractivity contribution in [2.24, 2.45) is 5.73 Å². The summed E-state index contributed by atoms with van der Waals surface area (Å²) in [6, 6.07) is 0. The van der Waals surface area contributed by atoms with Crippen molar-refractivity contribution in [2.75, 3.05) is 26.2 Å². The lowest BCUT2D eigenvalue weighted by Gasteiger charge is -2.40. The Morgan fingerprint density at radius 3 is 1.52 bits per heavy atom. The van der Waals surface area contributed by atoms with Gasteiger partial charge in [0.15, 0.2) is 0 Å². The molecule has 0 saturated heterocycles. The molecule has 0 amide bonds. The fourth-order valence-corrected chi connectivity index (χ4v) is 2.72. The third-order valence-corrected chi connectivity index (χ3v) is 4.68. The van der Waals surface area contributed by atoms with Crippen LogP contribution in [0.15, 0.2) is 0 Å². The highest BCUT2D eigenvalue weighted by Gasteiger charge is 2.07. The highest BCUT2D eigenvalue weighted by molar-refractivity contribution is 5.66. The zero-order chi connectivity index (χ0) is 19.4. The summed E-state index contributed by atoms with van der Waals surface area (Å²) < 4.78 is -0.142. The quantitative estimate of drug-likeness (QED) is 0.228. The van der Waals surface area contributed by atoms with Gasteiger partial charge in [-0.25, -0.2) is 0 Å². The molecule has 152 valence electrons. The second kappa shape index (κ2) is 19.7. The van der Waals surface area contributed by atoms with Crippen LogP contribution in [0, 0.1) is 5.21 Å². The van der Waals surface area contributed by atoms with Crippen molar-refractivity contribution in [1.82, 2.24) is 0 Å². The third-order valence-electron chi connectivity index (χ3n) is 4.68. The molecular formula is C20H44N2O3. The second-order valence-electron chi connectivity index (χ2n) is 6.88. The fraction of sp³-hybridized carbons (Fsp3) is 0.950. The highest BCUT2D eigenvalue weighted by Crippen LogP contribution is 2.11. The zero-order valence-corrected chi connectivity index (χ0v) is 17.1. The normalized spacial score (nSPS) is 11.1. The Morgan fingerprint density at radius 2 is 1.24 bits per heavy atom. The lowest BCUT2D eigenvalue weighted by molar-refractivity contribution is -0.875. The maximum Gasteiger partial charge on any atom is 0.303 e. The van der Waals surface area contributed by atoms with Crippen molar-refractivity contribution >= 4 is 5.97 Å². The molecule has 0 aromatic carbocycles. The Morgan fingerprint density at radius 1 is 0.840 bits per heavy atom. The number of carboxylic acids is 1. The van der Waals surface area contributed by atoms with E-state index in [4.69, 9.17) is 10.8 Å². The smallest absolute Gasteiger partial charge is 0.303 e. The van der Waals surface area contributed by atoms with Crippen LogP contribution in [0.1, 0.15) is 97.8 Å². The molecule has 0 aromatic heterocycles. The first kappa shape index (κ1) is 26.6. The van der Waals surface area contributed by atoms with Gasteiger partial charge in [0.25, 0.3) is 0 Å². The van der Waals surface area contributed by atoms with Gasteiger partial charge in [-0.05, 0) is 20.3 Å². The Balaban J connectivity index is 0. The molecule has 3 N–H and O–H groups in total. The number of nitrogens with zero attached hydrogens (tertiary/aromatic N) is 1. The number of unbranched alkanes of at least 4 members (excludes halogenated alkanes) is 10. The molecule has 0 spiro atoms. The summed E-state index contributed by atoms with van der Waals surface area (Å²) in [6.07, 6.45) is 14.4. The minimum atomic E-state index is -0.657. The Labute approximate surface area is 156 Å². The Kier molecular flexibility index (Phi) is 20.9. The molecule has 0 heterocycles. The molecule has 0 radical (unpaired) electrons. The number of carbonyl (C=O) groups is 1. The van der Waals surface area contributed by atoms with E-state index in [0.717, 1.165) is 12.8 Å². The van der Waals surface area contributed by atoms with Crippen molar-refractivity contribution in [3.8, 4) is 0 Å². The molecule has 0 atom stereocenters. The van der Waals surface area contributed by atoms with Crippen LogP contribution >= 0.6 is 0 Å². The first-order valence-corrected chi connectivity index (χ1v) is 10.4. The standard InChI is InChI=1S/C14H28O2.C6H16N2O/c1-2-3-4-5-6-7-8-9-10-11-12-13-14(15)16;1-3-8(9,4-2)6-5-7/h2-13H2,1H3,(H,15,16);3-7H2,1-2H3. The number of quaternary nitrogens is 1. The Bertz CT molecular complexity index is 282. The molecule has 0 aromatic rings. The van der Waals surface area contributed by atoms with E-state index < -0.39 is 5.97 Å².